The van der Waals surface area contributed by atoms with Crippen LogP contribution in [-0.2, 0) is 0 Å². The van der Waals surface area contributed by atoms with E-state index in [0.717, 1.165) is 0 Å². The van der Waals surface area contributed by atoms with Crippen LogP contribution in [0, 0.1) is 21.4 Å². The summed E-state index contributed by atoms with van der Waals surface area (Å²) in [7, 11) is 1.47. The van der Waals surface area contributed by atoms with E-state index < -0.39 is 4.92 Å². The summed E-state index contributed by atoms with van der Waals surface area (Å²) in [5.41, 5.74) is 1.30. The highest BCUT2D eigenvalue weighted by molar-refractivity contribution is 6.32. The second-order valence-electron chi connectivity index (χ2n) is 5.49. The number of methoxy groups -OCH3 is 1. The summed E-state index contributed by atoms with van der Waals surface area (Å²) in [5.74, 6) is 1.24. The summed E-state index contributed by atoms with van der Waals surface area (Å²) in [6, 6.07) is 16.7. The summed E-state index contributed by atoms with van der Waals surface area (Å²) in [5, 5.41) is 20.9. The zero-order valence-corrected chi connectivity index (χ0v) is 14.9. The molecule has 0 unspecified atom stereocenters. The first kappa shape index (κ1) is 18.2. The van der Waals surface area contributed by atoms with Gasteiger partial charge in [0.2, 0.25) is 0 Å². The fourth-order valence-corrected chi connectivity index (χ4v) is 2.81. The molecule has 0 spiro atoms. The number of hydrogen-bond acceptors (Lipinski definition) is 5. The van der Waals surface area contributed by atoms with Crippen molar-refractivity contribution in [2.75, 3.05) is 7.11 Å². The van der Waals surface area contributed by atoms with Crippen molar-refractivity contribution in [3.63, 3.8) is 0 Å². The van der Waals surface area contributed by atoms with Gasteiger partial charge in [-0.1, -0.05) is 29.8 Å². The van der Waals surface area contributed by atoms with Gasteiger partial charge in [0.1, 0.15) is 17.3 Å². The fraction of sp³-hybridized carbons (Fsp3) is 0.0500. The quantitative estimate of drug-likeness (QED) is 0.327. The van der Waals surface area contributed by atoms with Gasteiger partial charge in [0.05, 0.1) is 29.2 Å². The number of nitro groups is 1. The van der Waals surface area contributed by atoms with Gasteiger partial charge >= 0.3 is 0 Å². The van der Waals surface area contributed by atoms with E-state index in [9.17, 15) is 15.4 Å². The molecule has 0 saturated carbocycles. The van der Waals surface area contributed by atoms with Crippen LogP contribution in [-0.4, -0.2) is 12.0 Å². The highest BCUT2D eigenvalue weighted by Gasteiger charge is 2.16. The lowest BCUT2D eigenvalue weighted by atomic mass is 10.1. The Bertz CT molecular complexity index is 1080. The predicted molar refractivity (Wildman–Crippen MR) is 102 cm³/mol. The lowest BCUT2D eigenvalue weighted by molar-refractivity contribution is -0.384. The van der Waals surface area contributed by atoms with Gasteiger partial charge in [-0.05, 0) is 30.3 Å². The molecule has 0 N–H and O–H groups in total. The highest BCUT2D eigenvalue weighted by Crippen LogP contribution is 2.35. The largest absolute Gasteiger partial charge is 0.496 e. The number of benzene rings is 2. The molecule has 0 radical (unpaired) electrons. The van der Waals surface area contributed by atoms with Crippen LogP contribution in [0.5, 0.6) is 5.75 Å². The minimum Gasteiger partial charge on any atom is -0.496 e. The average molecular weight is 381 g/mol. The first-order chi connectivity index (χ1) is 13.0. The van der Waals surface area contributed by atoms with Gasteiger partial charge in [-0.3, -0.25) is 10.1 Å². The smallest absolute Gasteiger partial charge is 0.270 e. The molecule has 3 rings (SSSR count). The Kier molecular flexibility index (Phi) is 5.25. The van der Waals surface area contributed by atoms with Crippen molar-refractivity contribution in [1.29, 1.82) is 5.26 Å². The number of hydrogen-bond donors (Lipinski definition) is 0. The van der Waals surface area contributed by atoms with Crippen molar-refractivity contribution in [2.24, 2.45) is 0 Å². The van der Waals surface area contributed by atoms with Crippen LogP contribution in [0.3, 0.4) is 0 Å². The van der Waals surface area contributed by atoms with E-state index in [4.69, 9.17) is 20.8 Å². The molecular weight excluding hydrogens is 368 g/mol. The van der Waals surface area contributed by atoms with Crippen LogP contribution >= 0.6 is 11.6 Å². The number of rotatable bonds is 5. The summed E-state index contributed by atoms with van der Waals surface area (Å²) in [4.78, 5) is 10.6. The zero-order chi connectivity index (χ0) is 19.4. The van der Waals surface area contributed by atoms with E-state index in [1.165, 1.54) is 25.3 Å². The Labute approximate surface area is 160 Å². The lowest BCUT2D eigenvalue weighted by Crippen LogP contribution is -1.91. The molecule has 0 aliphatic carbocycles. The van der Waals surface area contributed by atoms with Crippen LogP contribution in [0.2, 0.25) is 5.02 Å². The molecule has 6 nitrogen and oxygen atoms in total. The molecule has 7 heteroatoms. The van der Waals surface area contributed by atoms with Crippen molar-refractivity contribution >= 4 is 28.9 Å². The van der Waals surface area contributed by atoms with Crippen LogP contribution in [0.25, 0.3) is 23.0 Å². The van der Waals surface area contributed by atoms with Gasteiger partial charge in [-0.2, -0.15) is 5.26 Å². The van der Waals surface area contributed by atoms with Gasteiger partial charge < -0.3 is 9.15 Å². The first-order valence-electron chi connectivity index (χ1n) is 7.83. The van der Waals surface area contributed by atoms with Crippen LogP contribution < -0.4 is 4.74 Å². The van der Waals surface area contributed by atoms with Gasteiger partial charge in [0, 0.05) is 22.7 Å². The Morgan fingerprint density at radius 3 is 2.70 bits per heavy atom. The van der Waals surface area contributed by atoms with Gasteiger partial charge in [-0.25, -0.2) is 0 Å². The molecule has 1 aromatic heterocycles. The molecule has 0 aliphatic heterocycles. The average Bonchev–Trinajstić information content (AvgIpc) is 3.14. The highest BCUT2D eigenvalue weighted by atomic mass is 35.5. The molecule has 0 aliphatic rings. The summed E-state index contributed by atoms with van der Waals surface area (Å²) in [6.45, 7) is 0. The minimum atomic E-state index is -0.488. The Hall–Kier alpha value is -3.56. The number of halogens is 1. The topological polar surface area (TPSA) is 89.3 Å². The van der Waals surface area contributed by atoms with Crippen molar-refractivity contribution in [2.45, 2.75) is 0 Å². The van der Waals surface area contributed by atoms with E-state index in [1.807, 2.05) is 0 Å². The monoisotopic (exact) mass is 380 g/mol. The Balaban J connectivity index is 2.03. The molecular formula is C20H13ClN2O4. The first-order valence-corrected chi connectivity index (χ1v) is 8.20. The third kappa shape index (κ3) is 3.84. The zero-order valence-electron chi connectivity index (χ0n) is 14.2. The number of allylic oxidation sites excluding steroid dienone is 1. The Morgan fingerprint density at radius 2 is 2.04 bits per heavy atom. The predicted octanol–water partition coefficient (Wildman–Crippen LogP) is 5.58. The standard InChI is InChI=1S/C20H13ClN2O4/c1-26-19-8-6-14(23(24)25)11-17(19)20-9-7-15(27-20)10-13(12-22)16-4-2-3-5-18(16)21/h2-11H,1H3. The molecule has 3 aromatic rings. The second kappa shape index (κ2) is 7.77. The van der Waals surface area contributed by atoms with E-state index in [1.54, 1.807) is 42.5 Å². The molecule has 0 bridgehead atoms. The fourth-order valence-electron chi connectivity index (χ4n) is 2.57. The van der Waals surface area contributed by atoms with Crippen LogP contribution in [0.4, 0.5) is 5.69 Å². The van der Waals surface area contributed by atoms with Crippen LogP contribution in [0.1, 0.15) is 11.3 Å². The third-order valence-electron chi connectivity index (χ3n) is 3.86. The summed E-state index contributed by atoms with van der Waals surface area (Å²) >= 11 is 6.15. The molecule has 0 saturated heterocycles. The summed E-state index contributed by atoms with van der Waals surface area (Å²) in [6.07, 6.45) is 1.56. The normalized spacial score (nSPS) is 11.1. The van der Waals surface area contributed by atoms with E-state index in [0.29, 0.717) is 39.0 Å². The molecule has 1 heterocycles. The van der Waals surface area contributed by atoms with Gasteiger partial charge in [0.25, 0.3) is 5.69 Å². The number of nitro benzene ring substituents is 1. The number of furan rings is 1. The maximum absolute atomic E-state index is 11.0. The number of nitrogens with zero attached hydrogens (tertiary/aromatic N) is 2. The number of nitriles is 1. The Morgan fingerprint density at radius 1 is 1.26 bits per heavy atom. The molecule has 27 heavy (non-hydrogen) atoms. The lowest BCUT2D eigenvalue weighted by Gasteiger charge is -2.05. The van der Waals surface area contributed by atoms with E-state index in [-0.39, 0.29) is 5.69 Å². The van der Waals surface area contributed by atoms with Crippen molar-refractivity contribution < 1.29 is 14.1 Å². The minimum absolute atomic E-state index is 0.0759. The van der Waals surface area contributed by atoms with Crippen molar-refractivity contribution in [1.82, 2.24) is 0 Å². The van der Waals surface area contributed by atoms with Gasteiger partial charge in [-0.15, -0.1) is 0 Å². The molecule has 134 valence electrons. The molecule has 0 amide bonds. The maximum Gasteiger partial charge on any atom is 0.270 e. The van der Waals surface area contributed by atoms with Crippen molar-refractivity contribution in [3.05, 3.63) is 81.1 Å². The second-order valence-corrected chi connectivity index (χ2v) is 5.90. The number of ether oxygens (including phenoxy) is 1. The van der Waals surface area contributed by atoms with Gasteiger partial charge in [0.15, 0.2) is 0 Å². The molecule has 2 aromatic carbocycles. The molecule has 0 atom stereocenters. The third-order valence-corrected chi connectivity index (χ3v) is 4.19. The van der Waals surface area contributed by atoms with Crippen molar-refractivity contribution in [3.8, 4) is 23.1 Å². The molecule has 0 fully saturated rings. The van der Waals surface area contributed by atoms with E-state index in [2.05, 4.69) is 6.07 Å². The number of non-ortho nitro benzene ring substituents is 1. The SMILES string of the molecule is COc1ccc([N+](=O)[O-])cc1-c1ccc(C=C(C#N)c2ccccc2Cl)o1. The maximum atomic E-state index is 11.0. The summed E-state index contributed by atoms with van der Waals surface area (Å²) < 4.78 is 11.0. The van der Waals surface area contributed by atoms with E-state index >= 15 is 0 Å². The van der Waals surface area contributed by atoms with Crippen LogP contribution in [0.15, 0.2) is 59.0 Å².